The zero-order valence-corrected chi connectivity index (χ0v) is 17.0. The summed E-state index contributed by atoms with van der Waals surface area (Å²) < 4.78 is 5.46. The molecular formula is C21H26ClNO6. The molecule has 2 aromatic carbocycles. The second kappa shape index (κ2) is 9.40. The van der Waals surface area contributed by atoms with Crippen LogP contribution in [0.25, 0.3) is 0 Å². The van der Waals surface area contributed by atoms with Gasteiger partial charge in [0.15, 0.2) is 6.23 Å². The van der Waals surface area contributed by atoms with Crippen LogP contribution in [-0.4, -0.2) is 63.7 Å². The number of rotatable bonds is 6. The van der Waals surface area contributed by atoms with Gasteiger partial charge in [0.2, 0.25) is 0 Å². The van der Waals surface area contributed by atoms with Gasteiger partial charge < -0.3 is 20.1 Å². The number of halogens is 1. The van der Waals surface area contributed by atoms with Gasteiger partial charge in [-0.15, -0.1) is 0 Å². The van der Waals surface area contributed by atoms with Crippen molar-refractivity contribution in [2.45, 2.75) is 43.9 Å². The Morgan fingerprint density at radius 1 is 1.00 bits per heavy atom. The van der Waals surface area contributed by atoms with E-state index in [1.807, 2.05) is 37.3 Å². The molecule has 0 radical (unpaired) electrons. The lowest BCUT2D eigenvalue weighted by Gasteiger charge is -2.46. The van der Waals surface area contributed by atoms with Crippen molar-refractivity contribution in [3.63, 3.8) is 0 Å². The molecule has 0 aromatic heterocycles. The monoisotopic (exact) mass is 423 g/mol. The van der Waals surface area contributed by atoms with E-state index in [1.165, 1.54) is 4.90 Å². The Morgan fingerprint density at radius 3 is 2.31 bits per heavy atom. The highest BCUT2D eigenvalue weighted by Gasteiger charge is 2.47. The van der Waals surface area contributed by atoms with Crippen molar-refractivity contribution in [1.82, 2.24) is 4.90 Å². The van der Waals surface area contributed by atoms with Gasteiger partial charge in [0, 0.05) is 5.02 Å². The Kier molecular flexibility index (Phi) is 7.13. The summed E-state index contributed by atoms with van der Waals surface area (Å²) in [6.45, 7) is 2.53. The highest BCUT2D eigenvalue weighted by molar-refractivity contribution is 6.31. The summed E-state index contributed by atoms with van der Waals surface area (Å²) in [5.74, 6) is 0.797. The molecule has 1 aliphatic rings. The number of nitrogens with zero attached hydrogens (tertiary/aromatic N) is 1. The Balaban J connectivity index is 1.87. The second-order valence-corrected chi connectivity index (χ2v) is 7.59. The fourth-order valence-electron chi connectivity index (χ4n) is 3.77. The summed E-state index contributed by atoms with van der Waals surface area (Å²) in [6, 6.07) is 12.3. The van der Waals surface area contributed by atoms with E-state index in [-0.39, 0.29) is 0 Å². The summed E-state index contributed by atoms with van der Waals surface area (Å²) in [6.07, 6.45) is -4.81. The Morgan fingerprint density at radius 2 is 1.69 bits per heavy atom. The molecule has 0 saturated carbocycles. The molecule has 0 bridgehead atoms. The molecule has 0 amide bonds. The SMILES string of the molecule is CCOc1ccc(Cc2cc([C@H]3[C@H](O)[C@@H](O)[C@H](O)[C@@H](OO)N3C)ccc2Cl)cc1. The van der Waals surface area contributed by atoms with Crippen LogP contribution < -0.4 is 4.74 Å². The number of likely N-dealkylation sites (tertiary alicyclic amines) is 1. The van der Waals surface area contributed by atoms with Gasteiger partial charge in [-0.25, -0.2) is 4.89 Å². The minimum atomic E-state index is -1.47. The van der Waals surface area contributed by atoms with Crippen LogP contribution in [0.2, 0.25) is 5.02 Å². The standard InChI is InChI=1S/C21H26ClNO6/c1-3-28-15-7-4-12(5-8-15)10-14-11-13(6-9-16(14)22)17-18(24)19(25)20(26)21(29-27)23(17)2/h4-9,11,17-21,24-27H,3,10H2,1-2H3/t17-,18-,19+,20-,21+/m0/s1. The van der Waals surface area contributed by atoms with E-state index >= 15 is 0 Å². The van der Waals surface area contributed by atoms with Crippen LogP contribution in [-0.2, 0) is 11.3 Å². The van der Waals surface area contributed by atoms with Gasteiger partial charge >= 0.3 is 0 Å². The molecule has 1 aliphatic heterocycles. The summed E-state index contributed by atoms with van der Waals surface area (Å²) in [5, 5.41) is 40.4. The maximum absolute atomic E-state index is 10.5. The van der Waals surface area contributed by atoms with E-state index in [0.717, 1.165) is 16.9 Å². The van der Waals surface area contributed by atoms with E-state index in [4.69, 9.17) is 21.6 Å². The van der Waals surface area contributed by atoms with E-state index < -0.39 is 30.6 Å². The molecule has 8 heteroatoms. The van der Waals surface area contributed by atoms with E-state index in [0.29, 0.717) is 23.6 Å². The molecule has 7 nitrogen and oxygen atoms in total. The zero-order valence-electron chi connectivity index (χ0n) is 16.3. The lowest BCUT2D eigenvalue weighted by atomic mass is 9.87. The van der Waals surface area contributed by atoms with Crippen LogP contribution in [0.3, 0.4) is 0 Å². The van der Waals surface area contributed by atoms with Gasteiger partial charge in [-0.1, -0.05) is 35.9 Å². The fourth-order valence-corrected chi connectivity index (χ4v) is 3.96. The number of aliphatic hydroxyl groups excluding tert-OH is 3. The number of piperidine rings is 1. The van der Waals surface area contributed by atoms with Crippen LogP contribution in [0.1, 0.15) is 29.7 Å². The predicted molar refractivity (Wildman–Crippen MR) is 108 cm³/mol. The lowest BCUT2D eigenvalue weighted by molar-refractivity contribution is -0.359. The number of hydrogen-bond acceptors (Lipinski definition) is 7. The fraction of sp³-hybridized carbons (Fsp3) is 0.429. The molecule has 0 aliphatic carbocycles. The van der Waals surface area contributed by atoms with Crippen LogP contribution in [0.5, 0.6) is 5.75 Å². The molecule has 2 aromatic rings. The molecular weight excluding hydrogens is 398 g/mol. The molecule has 1 heterocycles. The smallest absolute Gasteiger partial charge is 0.175 e. The van der Waals surface area contributed by atoms with Gasteiger partial charge in [-0.3, -0.25) is 10.2 Å². The van der Waals surface area contributed by atoms with Crippen molar-refractivity contribution >= 4 is 11.6 Å². The zero-order chi connectivity index (χ0) is 21.1. The summed E-state index contributed by atoms with van der Waals surface area (Å²) in [7, 11) is 1.59. The van der Waals surface area contributed by atoms with Crippen LogP contribution in [0.4, 0.5) is 0 Å². The maximum Gasteiger partial charge on any atom is 0.175 e. The molecule has 5 atom stereocenters. The molecule has 1 fully saturated rings. The van der Waals surface area contributed by atoms with Crippen molar-refractivity contribution < 1.29 is 30.2 Å². The number of ether oxygens (including phenoxy) is 1. The van der Waals surface area contributed by atoms with Crippen molar-refractivity contribution in [2.75, 3.05) is 13.7 Å². The van der Waals surface area contributed by atoms with E-state index in [2.05, 4.69) is 4.89 Å². The summed E-state index contributed by atoms with van der Waals surface area (Å²) in [4.78, 5) is 5.81. The number of hydrogen-bond donors (Lipinski definition) is 4. The van der Waals surface area contributed by atoms with Gasteiger partial charge in [0.1, 0.15) is 24.1 Å². The minimum Gasteiger partial charge on any atom is -0.494 e. The first-order chi connectivity index (χ1) is 13.9. The molecule has 29 heavy (non-hydrogen) atoms. The second-order valence-electron chi connectivity index (χ2n) is 7.18. The topological polar surface area (TPSA) is 103 Å². The predicted octanol–water partition coefficient (Wildman–Crippen LogP) is 2.21. The van der Waals surface area contributed by atoms with E-state index in [1.54, 1.807) is 19.2 Å². The van der Waals surface area contributed by atoms with Gasteiger partial charge in [0.05, 0.1) is 12.6 Å². The number of likely N-dealkylation sites (N-methyl/N-ethyl adjacent to an activating group) is 1. The van der Waals surface area contributed by atoms with E-state index in [9.17, 15) is 15.3 Å². The largest absolute Gasteiger partial charge is 0.494 e. The Labute approximate surface area is 174 Å². The molecule has 4 N–H and O–H groups in total. The number of aliphatic hydroxyl groups is 3. The van der Waals surface area contributed by atoms with Crippen LogP contribution in [0.15, 0.2) is 42.5 Å². The quantitative estimate of drug-likeness (QED) is 0.417. The van der Waals surface area contributed by atoms with Gasteiger partial charge in [-0.2, -0.15) is 0 Å². The first kappa shape index (κ1) is 22.0. The Bertz CT molecular complexity index is 817. The molecule has 1 saturated heterocycles. The average Bonchev–Trinajstić information content (AvgIpc) is 2.71. The molecule has 0 unspecified atom stereocenters. The third kappa shape index (κ3) is 4.57. The molecule has 158 valence electrons. The van der Waals surface area contributed by atoms with Crippen molar-refractivity contribution in [1.29, 1.82) is 0 Å². The lowest BCUT2D eigenvalue weighted by Crippen LogP contribution is -2.61. The highest BCUT2D eigenvalue weighted by Crippen LogP contribution is 2.36. The minimum absolute atomic E-state index is 0.566. The van der Waals surface area contributed by atoms with Crippen molar-refractivity contribution in [2.24, 2.45) is 0 Å². The van der Waals surface area contributed by atoms with Gasteiger partial charge in [-0.05, 0) is 55.3 Å². The molecule has 3 rings (SSSR count). The average molecular weight is 424 g/mol. The first-order valence-corrected chi connectivity index (χ1v) is 9.81. The van der Waals surface area contributed by atoms with Crippen LogP contribution in [0, 0.1) is 0 Å². The van der Waals surface area contributed by atoms with Crippen molar-refractivity contribution in [3.05, 3.63) is 64.2 Å². The summed E-state index contributed by atoms with van der Waals surface area (Å²) in [5.41, 5.74) is 2.56. The van der Waals surface area contributed by atoms with Crippen LogP contribution >= 0.6 is 11.6 Å². The first-order valence-electron chi connectivity index (χ1n) is 9.43. The highest BCUT2D eigenvalue weighted by atomic mass is 35.5. The third-order valence-electron chi connectivity index (χ3n) is 5.30. The van der Waals surface area contributed by atoms with Crippen molar-refractivity contribution in [3.8, 4) is 5.75 Å². The van der Waals surface area contributed by atoms with Gasteiger partial charge in [0.25, 0.3) is 0 Å². The molecule has 0 spiro atoms. The normalized spacial score (nSPS) is 27.8. The Hall–Kier alpha value is -1.71. The third-order valence-corrected chi connectivity index (χ3v) is 5.67. The summed E-state index contributed by atoms with van der Waals surface area (Å²) >= 11 is 6.39. The maximum atomic E-state index is 10.5. The number of benzene rings is 2.